The predicted molar refractivity (Wildman–Crippen MR) is 12.0 cm³/mol. The summed E-state index contributed by atoms with van der Waals surface area (Å²) in [6, 6.07) is 0. The molecule has 39 valence electrons. The monoisotopic (exact) mass is 199 g/mol. The van der Waals surface area contributed by atoms with Gasteiger partial charge in [-0.1, -0.05) is 0 Å². The van der Waals surface area contributed by atoms with E-state index in [1.807, 2.05) is 0 Å². The van der Waals surface area contributed by atoms with Crippen molar-refractivity contribution in [3.05, 3.63) is 0 Å². The van der Waals surface area contributed by atoms with Crippen molar-refractivity contribution in [3.8, 4) is 0 Å². The quantitative estimate of drug-likeness (QED) is 0.443. The standard InChI is InChI=1S/Mg.Nb.5O.2H. The van der Waals surface area contributed by atoms with Gasteiger partial charge in [0, 0.05) is 0 Å². The first kappa shape index (κ1) is 10.5. The molecule has 0 aromatic heterocycles. The normalized spacial score (nSPS) is 8.57. The molecule has 7 heavy (non-hydrogen) atoms. The van der Waals surface area contributed by atoms with Gasteiger partial charge in [0.05, 0.1) is 0 Å². The van der Waals surface area contributed by atoms with Crippen LogP contribution in [0.25, 0.3) is 0 Å². The Hall–Kier alpha value is 0.506. The molecule has 0 heterocycles. The zero-order valence-corrected chi connectivity index (χ0v) is 4.69. The Bertz CT molecular complexity index is 278. The van der Waals surface area contributed by atoms with Crippen LogP contribution in [-0.4, -0.2) is 23.1 Å². The molecule has 0 spiro atoms. The van der Waals surface area contributed by atoms with Gasteiger partial charge in [0.2, 0.25) is 0 Å². The summed E-state index contributed by atoms with van der Waals surface area (Å²) in [4.78, 5) is 0. The first-order chi connectivity index (χ1) is 2.24. The van der Waals surface area contributed by atoms with Crippen LogP contribution in [0.2, 0.25) is 0 Å². The van der Waals surface area contributed by atoms with Gasteiger partial charge in [-0.2, -0.15) is 0 Å². The van der Waals surface area contributed by atoms with Crippen molar-refractivity contribution in [2.75, 3.05) is 0 Å². The van der Waals surface area contributed by atoms with E-state index >= 15 is 0 Å². The van der Waals surface area contributed by atoms with E-state index in [0.717, 1.165) is 0 Å². The van der Waals surface area contributed by atoms with Gasteiger partial charge in [-0.15, -0.1) is 0 Å². The number of hydrogen-bond acceptors (Lipinski definition) is 5. The molecular weight excluding hydrogens is 197 g/mol. The molecule has 0 saturated carbocycles. The van der Waals surface area contributed by atoms with E-state index in [-0.39, 0.29) is 23.1 Å². The summed E-state index contributed by atoms with van der Waals surface area (Å²) < 4.78 is 43.3. The molecule has 0 aromatic rings. The average molecular weight is 199 g/mol. The second kappa shape index (κ2) is 1.79. The van der Waals surface area contributed by atoms with Crippen molar-refractivity contribution in [2.24, 2.45) is 0 Å². The summed E-state index contributed by atoms with van der Waals surface area (Å²) in [7, 11) is 0. The van der Waals surface area contributed by atoms with E-state index in [1.54, 1.807) is 0 Å². The number of hydrogen-bond donors (Lipinski definition) is 0. The fourth-order valence-corrected chi connectivity index (χ4v) is 0. The first-order valence-electron chi connectivity index (χ1n) is 0.913. The van der Waals surface area contributed by atoms with Gasteiger partial charge in [0.25, 0.3) is 0 Å². The van der Waals surface area contributed by atoms with Crippen molar-refractivity contribution >= 4 is 23.1 Å². The molecule has 0 aliphatic rings. The predicted octanol–water partition coefficient (Wildman–Crippen LogP) is -1.51. The van der Waals surface area contributed by atoms with Crippen molar-refractivity contribution in [1.29, 1.82) is 0 Å². The molecule has 0 aliphatic heterocycles. The van der Waals surface area contributed by atoms with Crippen molar-refractivity contribution < 1.29 is 31.9 Å². The minimum absolute atomic E-state index is 0. The van der Waals surface area contributed by atoms with Gasteiger partial charge < -0.3 is 0 Å². The second-order valence-corrected chi connectivity index (χ2v) is 4.41. The van der Waals surface area contributed by atoms with E-state index < -0.39 is 15.7 Å². The SMILES string of the molecule is [MgH2].[O]=[Nb](=[O])(=[O])(=[O])=[O]. The molecule has 5 nitrogen and oxygen atoms in total. The molecule has 0 aromatic carbocycles. The fourth-order valence-electron chi connectivity index (χ4n) is 0. The van der Waals surface area contributed by atoms with Crippen LogP contribution >= 0.6 is 0 Å². The molecule has 0 atom stereocenters. The Labute approximate surface area is 54.9 Å². The molecule has 0 amide bonds. The van der Waals surface area contributed by atoms with Gasteiger partial charge in [-0.3, -0.25) is 0 Å². The third-order valence-corrected chi connectivity index (χ3v) is 0. The summed E-state index contributed by atoms with van der Waals surface area (Å²) >= 11 is -7.94. The molecule has 0 aliphatic carbocycles. The second-order valence-electron chi connectivity index (χ2n) is 0.745. The van der Waals surface area contributed by atoms with Crippen molar-refractivity contribution in [3.63, 3.8) is 0 Å². The minimum atomic E-state index is -7.94. The Balaban J connectivity index is 0. The van der Waals surface area contributed by atoms with Crippen LogP contribution in [0.5, 0.6) is 0 Å². The van der Waals surface area contributed by atoms with Gasteiger partial charge >= 0.3 is 55.0 Å². The molecule has 7 heteroatoms. The molecule has 0 saturated heterocycles. The molecular formula is H2MgNbO5. The Kier molecular flexibility index (Phi) is 2.68. The Morgan fingerprint density at radius 3 is 0.714 bits per heavy atom. The van der Waals surface area contributed by atoms with Gasteiger partial charge in [0.1, 0.15) is 0 Å². The van der Waals surface area contributed by atoms with Crippen LogP contribution in [0.15, 0.2) is 0 Å². The van der Waals surface area contributed by atoms with Crippen LogP contribution in [0.1, 0.15) is 0 Å². The molecule has 0 unspecified atom stereocenters. The maximum atomic E-state index is 8.66. The van der Waals surface area contributed by atoms with E-state index in [4.69, 9.17) is 16.3 Å². The average Bonchev–Trinajstić information content (AvgIpc) is 0.650. The zero-order chi connectivity index (χ0) is 5.45. The van der Waals surface area contributed by atoms with Crippen LogP contribution in [0.3, 0.4) is 0 Å². The van der Waals surface area contributed by atoms with Crippen molar-refractivity contribution in [1.82, 2.24) is 0 Å². The molecule has 0 radical (unpaired) electrons. The van der Waals surface area contributed by atoms with E-state index in [2.05, 4.69) is 0 Å². The third-order valence-electron chi connectivity index (χ3n) is 0. The fraction of sp³-hybridized carbons (Fsp3) is 0. The first-order valence-corrected chi connectivity index (χ1v) is 5.40. The zero-order valence-electron chi connectivity index (χ0n) is 2.49. The molecule has 0 bridgehead atoms. The van der Waals surface area contributed by atoms with Crippen LogP contribution < -0.4 is 0 Å². The van der Waals surface area contributed by atoms with Crippen LogP contribution in [-0.2, 0) is 31.9 Å². The molecule has 0 fully saturated rings. The Morgan fingerprint density at radius 1 is 0.714 bits per heavy atom. The summed E-state index contributed by atoms with van der Waals surface area (Å²) in [6.07, 6.45) is 0. The van der Waals surface area contributed by atoms with Crippen molar-refractivity contribution in [2.45, 2.75) is 0 Å². The molecule has 0 N–H and O–H groups in total. The topological polar surface area (TPSA) is 85.3 Å². The summed E-state index contributed by atoms with van der Waals surface area (Å²) in [5.41, 5.74) is 0. The van der Waals surface area contributed by atoms with E-state index in [1.165, 1.54) is 0 Å². The third kappa shape index (κ3) is 515. The van der Waals surface area contributed by atoms with Gasteiger partial charge in [0.15, 0.2) is 0 Å². The van der Waals surface area contributed by atoms with E-state index in [9.17, 15) is 0 Å². The molecule has 0 rings (SSSR count). The van der Waals surface area contributed by atoms with Crippen LogP contribution in [0, 0.1) is 0 Å². The van der Waals surface area contributed by atoms with Gasteiger partial charge in [-0.05, 0) is 0 Å². The maximum absolute atomic E-state index is 8.66. The summed E-state index contributed by atoms with van der Waals surface area (Å²) in [6.45, 7) is 0. The summed E-state index contributed by atoms with van der Waals surface area (Å²) in [5, 5.41) is 0. The van der Waals surface area contributed by atoms with Gasteiger partial charge in [-0.25, -0.2) is 0 Å². The van der Waals surface area contributed by atoms with Crippen LogP contribution in [0.4, 0.5) is 0 Å². The summed E-state index contributed by atoms with van der Waals surface area (Å²) in [5.74, 6) is 0. The van der Waals surface area contributed by atoms with E-state index in [0.29, 0.717) is 0 Å². The number of rotatable bonds is 0. The Morgan fingerprint density at radius 2 is 0.714 bits per heavy atom.